The van der Waals surface area contributed by atoms with E-state index >= 15 is 0 Å². The van der Waals surface area contributed by atoms with Crippen molar-refractivity contribution in [3.63, 3.8) is 0 Å². The number of imide groups is 1. The highest BCUT2D eigenvalue weighted by atomic mass is 79.9. The van der Waals surface area contributed by atoms with Gasteiger partial charge in [-0.05, 0) is 37.8 Å². The zero-order valence-corrected chi connectivity index (χ0v) is 14.6. The molecule has 0 aliphatic carbocycles. The lowest BCUT2D eigenvalue weighted by Gasteiger charge is -2.15. The molecule has 0 fully saturated rings. The molecule has 0 spiro atoms. The van der Waals surface area contributed by atoms with E-state index in [4.69, 9.17) is 0 Å². The molecule has 2 amide bonds. The molecule has 1 aromatic heterocycles. The van der Waals surface area contributed by atoms with Crippen LogP contribution in [0.1, 0.15) is 34.6 Å². The average molecular weight is 419 g/mol. The van der Waals surface area contributed by atoms with Crippen molar-refractivity contribution < 1.29 is 9.59 Å². The van der Waals surface area contributed by atoms with Crippen LogP contribution in [0.5, 0.6) is 0 Å². The zero-order valence-electron chi connectivity index (χ0n) is 10.6. The molecule has 0 radical (unpaired) electrons. The van der Waals surface area contributed by atoms with Gasteiger partial charge in [0.1, 0.15) is 11.0 Å². The highest BCUT2D eigenvalue weighted by Gasteiger charge is 2.41. The van der Waals surface area contributed by atoms with Crippen LogP contribution in [0, 0.1) is 5.92 Å². The molecule has 8 heteroatoms. The van der Waals surface area contributed by atoms with Crippen molar-refractivity contribution in [1.82, 2.24) is 13.6 Å². The van der Waals surface area contributed by atoms with Crippen LogP contribution < -0.4 is 0 Å². The van der Waals surface area contributed by atoms with Crippen LogP contribution in [-0.2, 0) is 0 Å². The molecule has 1 aromatic carbocycles. The molecular formula is C12H9Br2N3O2S. The molecule has 0 saturated heterocycles. The number of hydrogen-bond acceptors (Lipinski definition) is 5. The Hall–Kier alpha value is -0.860. The number of halogens is 2. The van der Waals surface area contributed by atoms with E-state index in [0.29, 0.717) is 37.7 Å². The SMILES string of the molecule is CC(C)CN1C(=O)c2c(c(Br)c3nsnc3c2Br)C1=O. The van der Waals surface area contributed by atoms with Crippen molar-refractivity contribution in [2.45, 2.75) is 13.8 Å². The molecule has 5 nitrogen and oxygen atoms in total. The van der Waals surface area contributed by atoms with Crippen LogP contribution in [0.3, 0.4) is 0 Å². The van der Waals surface area contributed by atoms with Gasteiger partial charge in [0.05, 0.1) is 31.8 Å². The fraction of sp³-hybridized carbons (Fsp3) is 0.333. The van der Waals surface area contributed by atoms with E-state index in [1.807, 2.05) is 13.8 Å². The topological polar surface area (TPSA) is 63.2 Å². The molecule has 3 rings (SSSR count). The lowest BCUT2D eigenvalue weighted by molar-refractivity contribution is 0.0635. The maximum Gasteiger partial charge on any atom is 0.262 e. The summed E-state index contributed by atoms with van der Waals surface area (Å²) in [6.07, 6.45) is 0. The van der Waals surface area contributed by atoms with Gasteiger partial charge in [-0.25, -0.2) is 0 Å². The lowest BCUT2D eigenvalue weighted by Crippen LogP contribution is -2.33. The Bertz CT molecular complexity index is 701. The van der Waals surface area contributed by atoms with Crippen LogP contribution in [0.2, 0.25) is 0 Å². The molecule has 0 unspecified atom stereocenters. The quantitative estimate of drug-likeness (QED) is 0.700. The zero-order chi connectivity index (χ0) is 14.6. The van der Waals surface area contributed by atoms with Crippen LogP contribution in [0.15, 0.2) is 8.95 Å². The maximum atomic E-state index is 12.5. The molecule has 104 valence electrons. The lowest BCUT2D eigenvalue weighted by atomic mass is 10.1. The van der Waals surface area contributed by atoms with Crippen molar-refractivity contribution in [3.05, 3.63) is 20.1 Å². The van der Waals surface area contributed by atoms with Gasteiger partial charge in [0.15, 0.2) is 0 Å². The van der Waals surface area contributed by atoms with Gasteiger partial charge in [0.2, 0.25) is 0 Å². The minimum absolute atomic E-state index is 0.214. The van der Waals surface area contributed by atoms with Gasteiger partial charge in [0.25, 0.3) is 11.8 Å². The number of hydrogen-bond donors (Lipinski definition) is 0. The Labute approximate surface area is 135 Å². The van der Waals surface area contributed by atoms with Gasteiger partial charge in [0, 0.05) is 6.54 Å². The first-order valence-corrected chi connectivity index (χ1v) is 8.24. The molecule has 1 aliphatic heterocycles. The summed E-state index contributed by atoms with van der Waals surface area (Å²) in [7, 11) is 0. The van der Waals surface area contributed by atoms with Crippen molar-refractivity contribution >= 4 is 66.4 Å². The first-order valence-electron chi connectivity index (χ1n) is 5.92. The number of amides is 2. The van der Waals surface area contributed by atoms with Gasteiger partial charge >= 0.3 is 0 Å². The minimum Gasteiger partial charge on any atom is -0.274 e. The number of fused-ring (bicyclic) bond motifs is 2. The number of nitrogens with zero attached hydrogens (tertiary/aromatic N) is 3. The van der Waals surface area contributed by atoms with E-state index in [1.165, 1.54) is 4.90 Å². The highest BCUT2D eigenvalue weighted by Crippen LogP contribution is 2.41. The van der Waals surface area contributed by atoms with E-state index in [1.54, 1.807) is 0 Å². The molecule has 0 atom stereocenters. The molecule has 0 saturated carbocycles. The molecule has 0 N–H and O–H groups in total. The number of carbonyl (C=O) groups is 2. The van der Waals surface area contributed by atoms with Gasteiger partial charge in [-0.3, -0.25) is 14.5 Å². The predicted octanol–water partition coefficient (Wildman–Crippen LogP) is 3.47. The number of aromatic nitrogens is 2. The van der Waals surface area contributed by atoms with Crippen LogP contribution in [-0.4, -0.2) is 32.0 Å². The summed E-state index contributed by atoms with van der Waals surface area (Å²) in [5.41, 5.74) is 1.96. The van der Waals surface area contributed by atoms with Gasteiger partial charge in [-0.1, -0.05) is 13.8 Å². The second-order valence-electron chi connectivity index (χ2n) is 4.95. The van der Waals surface area contributed by atoms with Crippen LogP contribution in [0.4, 0.5) is 0 Å². The Kier molecular flexibility index (Phi) is 3.42. The average Bonchev–Trinajstić information content (AvgIpc) is 2.95. The molecule has 20 heavy (non-hydrogen) atoms. The van der Waals surface area contributed by atoms with Crippen LogP contribution in [0.25, 0.3) is 11.0 Å². The Morgan fingerprint density at radius 3 is 1.90 bits per heavy atom. The highest BCUT2D eigenvalue weighted by molar-refractivity contribution is 9.11. The van der Waals surface area contributed by atoms with Crippen molar-refractivity contribution in [1.29, 1.82) is 0 Å². The first kappa shape index (κ1) is 14.1. The Balaban J connectivity index is 2.27. The summed E-state index contributed by atoms with van der Waals surface area (Å²) in [4.78, 5) is 26.3. The van der Waals surface area contributed by atoms with Gasteiger partial charge in [-0.15, -0.1) is 0 Å². The Morgan fingerprint density at radius 1 is 1.05 bits per heavy atom. The van der Waals surface area contributed by atoms with Crippen molar-refractivity contribution in [3.8, 4) is 0 Å². The second kappa shape index (κ2) is 4.85. The molecule has 0 bridgehead atoms. The third-order valence-electron chi connectivity index (χ3n) is 3.06. The fourth-order valence-electron chi connectivity index (χ4n) is 2.23. The molecule has 1 aliphatic rings. The standard InChI is InChI=1S/C12H9Br2N3O2S/c1-4(2)3-17-11(18)5-6(12(17)19)8(14)10-9(7(5)13)15-20-16-10/h4H,3H2,1-2H3. The second-order valence-corrected chi connectivity index (χ2v) is 7.07. The van der Waals surface area contributed by atoms with E-state index in [-0.39, 0.29) is 17.7 Å². The maximum absolute atomic E-state index is 12.5. The largest absolute Gasteiger partial charge is 0.274 e. The van der Waals surface area contributed by atoms with E-state index < -0.39 is 0 Å². The van der Waals surface area contributed by atoms with Crippen LogP contribution >= 0.6 is 43.6 Å². The summed E-state index contributed by atoms with van der Waals surface area (Å²) >= 11 is 7.83. The number of carbonyl (C=O) groups excluding carboxylic acids is 2. The summed E-state index contributed by atoms with van der Waals surface area (Å²) in [5.74, 6) is -0.339. The summed E-state index contributed by atoms with van der Waals surface area (Å²) in [6.45, 7) is 4.34. The number of benzene rings is 1. The third kappa shape index (κ3) is 1.85. The van der Waals surface area contributed by atoms with Gasteiger partial charge < -0.3 is 0 Å². The minimum atomic E-state index is -0.277. The molecule has 2 aromatic rings. The predicted molar refractivity (Wildman–Crippen MR) is 83.0 cm³/mol. The van der Waals surface area contributed by atoms with E-state index in [9.17, 15) is 9.59 Å². The smallest absolute Gasteiger partial charge is 0.262 e. The first-order chi connectivity index (χ1) is 9.43. The monoisotopic (exact) mass is 417 g/mol. The Morgan fingerprint density at radius 2 is 1.50 bits per heavy atom. The van der Waals surface area contributed by atoms with Crippen molar-refractivity contribution in [2.24, 2.45) is 5.92 Å². The summed E-state index contributed by atoms with van der Waals surface area (Å²) in [6, 6.07) is 0. The van der Waals surface area contributed by atoms with Gasteiger partial charge in [-0.2, -0.15) is 8.75 Å². The fourth-order valence-corrected chi connectivity index (χ4v) is 4.31. The summed E-state index contributed by atoms with van der Waals surface area (Å²) in [5, 5.41) is 0. The van der Waals surface area contributed by atoms with E-state index in [2.05, 4.69) is 40.6 Å². The molecular weight excluding hydrogens is 410 g/mol. The normalized spacial score (nSPS) is 14.8. The summed E-state index contributed by atoms with van der Waals surface area (Å²) < 4.78 is 9.44. The third-order valence-corrected chi connectivity index (χ3v) is 5.13. The van der Waals surface area contributed by atoms with Crippen molar-refractivity contribution in [2.75, 3.05) is 6.54 Å². The van der Waals surface area contributed by atoms with E-state index in [0.717, 1.165) is 11.7 Å². The number of rotatable bonds is 2. The molecule has 2 heterocycles.